The van der Waals surface area contributed by atoms with Crippen LogP contribution in [0.1, 0.15) is 108 Å². The number of quaternary nitrogens is 1. The third-order valence-corrected chi connectivity index (χ3v) is 11.8. The van der Waals surface area contributed by atoms with Gasteiger partial charge in [-0.05, 0) is 112 Å². The molecule has 2 fully saturated rings. The smallest absolute Gasteiger partial charge is 0.459 e. The maximum Gasteiger partial charge on any atom is 0.459 e. The number of hydrogen-bond donors (Lipinski definition) is 2. The van der Waals surface area contributed by atoms with E-state index in [1.165, 1.54) is 7.05 Å². The van der Waals surface area contributed by atoms with Crippen molar-refractivity contribution in [3.05, 3.63) is 34.5 Å². The summed E-state index contributed by atoms with van der Waals surface area (Å²) in [6.07, 6.45) is -3.29. The molecule has 2 saturated carbocycles. The van der Waals surface area contributed by atoms with E-state index in [0.29, 0.717) is 32.2 Å². The monoisotopic (exact) mass is 671 g/mol. The number of hydroxylamine groups is 3. The number of aromatic hydroxyl groups is 1. The highest BCUT2D eigenvalue weighted by atomic mass is 19.4. The summed E-state index contributed by atoms with van der Waals surface area (Å²) in [4.78, 5) is 0. The van der Waals surface area contributed by atoms with Gasteiger partial charge in [-0.15, -0.1) is 0 Å². The number of phenols is 1. The van der Waals surface area contributed by atoms with Crippen molar-refractivity contribution in [2.24, 2.45) is 23.2 Å². The van der Waals surface area contributed by atoms with Gasteiger partial charge in [-0.25, -0.2) is 4.39 Å². The van der Waals surface area contributed by atoms with Crippen molar-refractivity contribution in [2.75, 3.05) is 20.1 Å². The highest BCUT2D eigenvalue weighted by Gasteiger charge is 2.72. The van der Waals surface area contributed by atoms with Crippen molar-refractivity contribution in [3.63, 3.8) is 0 Å². The summed E-state index contributed by atoms with van der Waals surface area (Å²) in [6.45, 7) is 4.37. The number of fused-ring (bicyclic) bond motifs is 5. The zero-order valence-corrected chi connectivity index (χ0v) is 27.0. The van der Waals surface area contributed by atoms with Crippen molar-refractivity contribution in [2.45, 2.75) is 133 Å². The summed E-state index contributed by atoms with van der Waals surface area (Å²) in [7, 11) is 1.50. The zero-order chi connectivity index (χ0) is 34.3. The van der Waals surface area contributed by atoms with Crippen LogP contribution in [-0.2, 0) is 6.42 Å². The average Bonchev–Trinajstić information content (AvgIpc) is 3.16. The Kier molecular flexibility index (Phi) is 10.8. The van der Waals surface area contributed by atoms with Gasteiger partial charge in [0.1, 0.15) is 11.9 Å². The van der Waals surface area contributed by atoms with Crippen LogP contribution in [0.5, 0.6) is 5.75 Å². The molecule has 0 amide bonds. The summed E-state index contributed by atoms with van der Waals surface area (Å²) >= 11 is 0. The van der Waals surface area contributed by atoms with Gasteiger partial charge in [-0.1, -0.05) is 25.8 Å². The Morgan fingerprint density at radius 3 is 2.17 bits per heavy atom. The summed E-state index contributed by atoms with van der Waals surface area (Å²) in [5, 5.41) is 34.3. The Morgan fingerprint density at radius 1 is 0.935 bits per heavy atom. The molecule has 0 aromatic heterocycles. The van der Waals surface area contributed by atoms with E-state index >= 15 is 4.39 Å². The maximum absolute atomic E-state index is 16.1. The molecule has 8 unspecified atom stereocenters. The molecule has 1 aromatic rings. The Morgan fingerprint density at radius 2 is 1.54 bits per heavy atom. The second-order valence-corrected chi connectivity index (χ2v) is 15.0. The maximum atomic E-state index is 16.1. The molecule has 1 aromatic carbocycles. The first-order valence-corrected chi connectivity index (χ1v) is 16.7. The number of rotatable bonds is 14. The fourth-order valence-electron chi connectivity index (χ4n) is 8.94. The summed E-state index contributed by atoms with van der Waals surface area (Å²) in [5.74, 6) is -11.0. The quantitative estimate of drug-likeness (QED) is 0.0897. The molecule has 264 valence electrons. The molecule has 12 heteroatoms. The minimum Gasteiger partial charge on any atom is -0.633 e. The molecule has 4 nitrogen and oxygen atoms in total. The Balaban J connectivity index is 1.24. The number of nitrogens with zero attached hydrogens (tertiary/aromatic N) is 1. The van der Waals surface area contributed by atoms with Crippen LogP contribution in [0, 0.1) is 28.4 Å². The molecule has 8 atom stereocenters. The number of alkyl halides is 8. The van der Waals surface area contributed by atoms with Gasteiger partial charge in [0.05, 0.1) is 25.7 Å². The Bertz CT molecular complexity index is 1190. The largest absolute Gasteiger partial charge is 0.633 e. The summed E-state index contributed by atoms with van der Waals surface area (Å²) in [6, 6.07) is 5.22. The molecular formula is C34H49F8NO3. The molecule has 0 spiro atoms. The van der Waals surface area contributed by atoms with E-state index in [-0.39, 0.29) is 48.8 Å². The van der Waals surface area contributed by atoms with E-state index in [1.807, 2.05) is 19.9 Å². The second kappa shape index (κ2) is 13.3. The minimum absolute atomic E-state index is 0.0171. The van der Waals surface area contributed by atoms with Crippen LogP contribution in [0.4, 0.5) is 35.1 Å². The Hall–Kier alpha value is -1.66. The van der Waals surface area contributed by atoms with Crippen LogP contribution in [0.15, 0.2) is 18.2 Å². The van der Waals surface area contributed by atoms with Crippen LogP contribution < -0.4 is 0 Å². The molecule has 0 saturated heterocycles. The lowest BCUT2D eigenvalue weighted by atomic mass is 9.50. The van der Waals surface area contributed by atoms with Crippen molar-refractivity contribution < 1.29 is 50.0 Å². The third kappa shape index (κ3) is 7.33. The van der Waals surface area contributed by atoms with Crippen molar-refractivity contribution in [1.29, 1.82) is 0 Å². The number of unbranched alkanes of at least 4 members (excludes halogenated alkanes) is 5. The summed E-state index contributed by atoms with van der Waals surface area (Å²) in [5.41, 5.74) is 0.490. The fraction of sp³-hybridized carbons (Fsp3) is 0.824. The van der Waals surface area contributed by atoms with Crippen LogP contribution in [-0.4, -0.2) is 64.8 Å². The lowest BCUT2D eigenvalue weighted by Crippen LogP contribution is -2.54. The van der Waals surface area contributed by atoms with Crippen LogP contribution >= 0.6 is 0 Å². The molecule has 0 bridgehead atoms. The van der Waals surface area contributed by atoms with Crippen LogP contribution in [0.2, 0.25) is 0 Å². The highest BCUT2D eigenvalue weighted by Crippen LogP contribution is 2.66. The zero-order valence-electron chi connectivity index (χ0n) is 27.0. The van der Waals surface area contributed by atoms with Gasteiger partial charge in [0.2, 0.25) is 0 Å². The van der Waals surface area contributed by atoms with Gasteiger partial charge in [0.25, 0.3) is 0 Å². The number of phenolic OH excluding ortho intramolecular Hbond substituents is 1. The van der Waals surface area contributed by atoms with Crippen molar-refractivity contribution in [3.8, 4) is 5.75 Å². The normalized spacial score (nSPS) is 32.8. The van der Waals surface area contributed by atoms with Gasteiger partial charge in [0.15, 0.2) is 0 Å². The molecule has 3 aliphatic carbocycles. The molecule has 4 rings (SSSR count). The summed E-state index contributed by atoms with van der Waals surface area (Å²) < 4.78 is 105. The van der Waals surface area contributed by atoms with Crippen molar-refractivity contribution >= 4 is 0 Å². The molecule has 0 heterocycles. The van der Waals surface area contributed by atoms with Gasteiger partial charge in [-0.3, -0.25) is 0 Å². The topological polar surface area (TPSA) is 63.5 Å². The lowest BCUT2D eigenvalue weighted by molar-refractivity contribution is -0.861. The van der Waals surface area contributed by atoms with Gasteiger partial charge >= 0.3 is 18.0 Å². The van der Waals surface area contributed by atoms with Crippen LogP contribution in [0.3, 0.4) is 0 Å². The minimum atomic E-state index is -6.32. The molecular weight excluding hydrogens is 622 g/mol. The van der Waals surface area contributed by atoms with E-state index in [4.69, 9.17) is 0 Å². The molecule has 0 aliphatic heterocycles. The lowest BCUT2D eigenvalue weighted by Gasteiger charge is -2.56. The Labute approximate surface area is 266 Å². The van der Waals surface area contributed by atoms with E-state index in [2.05, 4.69) is 0 Å². The van der Waals surface area contributed by atoms with Crippen LogP contribution in [0.25, 0.3) is 0 Å². The second-order valence-electron chi connectivity index (χ2n) is 15.0. The first-order chi connectivity index (χ1) is 21.1. The molecule has 46 heavy (non-hydrogen) atoms. The number of hydrogen-bond acceptors (Lipinski definition) is 3. The fourth-order valence-corrected chi connectivity index (χ4v) is 8.94. The van der Waals surface area contributed by atoms with E-state index < -0.39 is 52.7 Å². The molecule has 2 N–H and O–H groups in total. The number of halogens is 8. The van der Waals surface area contributed by atoms with Gasteiger partial charge in [0, 0.05) is 17.8 Å². The predicted octanol–water partition coefficient (Wildman–Crippen LogP) is 9.46. The first-order valence-electron chi connectivity index (χ1n) is 16.7. The molecule has 3 aliphatic rings. The van der Waals surface area contributed by atoms with Crippen molar-refractivity contribution in [1.82, 2.24) is 0 Å². The van der Waals surface area contributed by atoms with E-state index in [1.54, 1.807) is 12.1 Å². The standard InChI is InChI=1S/C34H49F8NO3/c1-30-21-27(35)29-25-13-12-24(44)20-23(25)19-22(28(29)26(30)14-16-31(30,2)45)11-7-6-10-18-43(3,46)17-9-5-4-8-15-32(36,37)33(38,39)34(40,41)42/h12-13,20,22,26-29,44-45H,4-11,14-19,21H2,1-3H3. The van der Waals surface area contributed by atoms with Gasteiger partial charge < -0.3 is 20.1 Å². The first kappa shape index (κ1) is 37.2. The number of benzene rings is 1. The highest BCUT2D eigenvalue weighted by molar-refractivity contribution is 5.41. The SMILES string of the molecule is CC1(O)CCC2C3C(CCCCC[N+](C)([O-])CCCCCCC(F)(F)C(F)(F)C(F)(F)F)Cc4cc(O)ccc4C3C(F)CC21C. The van der Waals surface area contributed by atoms with Gasteiger partial charge in [-0.2, -0.15) is 30.7 Å². The van der Waals surface area contributed by atoms with E-state index in [0.717, 1.165) is 43.2 Å². The number of aliphatic hydroxyl groups is 1. The molecule has 0 radical (unpaired) electrons. The predicted molar refractivity (Wildman–Crippen MR) is 159 cm³/mol. The van der Waals surface area contributed by atoms with E-state index in [9.17, 15) is 46.2 Å². The average molecular weight is 672 g/mol. The third-order valence-electron chi connectivity index (χ3n) is 11.8.